The van der Waals surface area contributed by atoms with E-state index in [-0.39, 0.29) is 29.6 Å². The molecule has 1 amide bonds. The number of aliphatic carboxylic acids is 1. The van der Waals surface area contributed by atoms with Gasteiger partial charge in [0.15, 0.2) is 0 Å². The summed E-state index contributed by atoms with van der Waals surface area (Å²) in [6, 6.07) is 16.1. The second-order valence-corrected chi connectivity index (χ2v) is 8.35. The SMILES string of the molecule is CSCC[C@H](NC(=O)c1ccc(/C=C/c2cccnc2)cc1-c1ccccc1C)C(=O)[O-].[Na+]. The predicted molar refractivity (Wildman–Crippen MR) is 129 cm³/mol. The molecule has 0 radical (unpaired) electrons. The average molecular weight is 469 g/mol. The van der Waals surface area contributed by atoms with Gasteiger partial charge in [-0.1, -0.05) is 48.6 Å². The van der Waals surface area contributed by atoms with Crippen LogP contribution in [0, 0.1) is 6.92 Å². The number of carboxylic acid groups (broad SMARTS) is 1. The van der Waals surface area contributed by atoms with Gasteiger partial charge in [-0.2, -0.15) is 11.8 Å². The molecule has 0 spiro atoms. The number of aryl methyl sites for hydroxylation is 1. The zero-order chi connectivity index (χ0) is 22.9. The number of pyridine rings is 1. The summed E-state index contributed by atoms with van der Waals surface area (Å²) in [7, 11) is 0. The minimum absolute atomic E-state index is 0. The van der Waals surface area contributed by atoms with Gasteiger partial charge >= 0.3 is 29.6 Å². The Balaban J connectivity index is 0.00000385. The Morgan fingerprint density at radius 1 is 1.06 bits per heavy atom. The summed E-state index contributed by atoms with van der Waals surface area (Å²) in [5.41, 5.74) is 5.00. The third-order valence-corrected chi connectivity index (χ3v) is 5.72. The van der Waals surface area contributed by atoms with Crippen molar-refractivity contribution in [2.45, 2.75) is 19.4 Å². The molecule has 1 N–H and O–H groups in total. The van der Waals surface area contributed by atoms with Crippen molar-refractivity contribution >= 4 is 35.8 Å². The molecule has 0 unspecified atom stereocenters. The van der Waals surface area contributed by atoms with Crippen LogP contribution in [0.15, 0.2) is 67.0 Å². The molecule has 7 heteroatoms. The van der Waals surface area contributed by atoms with Crippen LogP contribution >= 0.6 is 11.8 Å². The Morgan fingerprint density at radius 2 is 1.82 bits per heavy atom. The first kappa shape index (κ1) is 26.9. The fraction of sp³-hybridized carbons (Fsp3) is 0.192. The molecule has 1 aromatic heterocycles. The molecular formula is C26H25N2NaO3S. The second kappa shape index (κ2) is 13.4. The number of carbonyl (C=O) groups excluding carboxylic acids is 2. The van der Waals surface area contributed by atoms with E-state index in [0.717, 1.165) is 27.8 Å². The minimum Gasteiger partial charge on any atom is -0.548 e. The van der Waals surface area contributed by atoms with E-state index >= 15 is 0 Å². The van der Waals surface area contributed by atoms with Gasteiger partial charge in [0.2, 0.25) is 0 Å². The quantitative estimate of drug-likeness (QED) is 0.471. The molecule has 1 atom stereocenters. The number of hydrogen-bond donors (Lipinski definition) is 1. The summed E-state index contributed by atoms with van der Waals surface area (Å²) in [5, 5.41) is 14.1. The molecule has 2 aromatic carbocycles. The Hall–Kier alpha value is -2.38. The molecule has 33 heavy (non-hydrogen) atoms. The normalized spacial score (nSPS) is 11.6. The van der Waals surface area contributed by atoms with Gasteiger partial charge in [0, 0.05) is 18.0 Å². The molecule has 5 nitrogen and oxygen atoms in total. The number of rotatable bonds is 9. The van der Waals surface area contributed by atoms with Crippen LogP contribution in [0.25, 0.3) is 23.3 Å². The monoisotopic (exact) mass is 468 g/mol. The van der Waals surface area contributed by atoms with Crippen LogP contribution in [0.2, 0.25) is 0 Å². The van der Waals surface area contributed by atoms with Gasteiger partial charge in [-0.3, -0.25) is 9.78 Å². The maximum absolute atomic E-state index is 13.1. The number of nitrogens with zero attached hydrogens (tertiary/aromatic N) is 1. The van der Waals surface area contributed by atoms with E-state index < -0.39 is 17.9 Å². The fourth-order valence-corrected chi connectivity index (χ4v) is 3.82. The van der Waals surface area contributed by atoms with E-state index in [9.17, 15) is 14.7 Å². The van der Waals surface area contributed by atoms with Crippen LogP contribution in [0.5, 0.6) is 0 Å². The number of carboxylic acids is 1. The number of benzene rings is 2. The summed E-state index contributed by atoms with van der Waals surface area (Å²) in [6.07, 6.45) is 9.61. The van der Waals surface area contributed by atoms with E-state index in [4.69, 9.17) is 0 Å². The molecule has 0 aliphatic heterocycles. The van der Waals surface area contributed by atoms with E-state index in [1.165, 1.54) is 11.8 Å². The average Bonchev–Trinajstić information content (AvgIpc) is 2.81. The zero-order valence-corrected chi connectivity index (χ0v) is 21.9. The van der Waals surface area contributed by atoms with Crippen molar-refractivity contribution in [3.63, 3.8) is 0 Å². The van der Waals surface area contributed by atoms with Gasteiger partial charge in [0.05, 0.1) is 12.0 Å². The fourth-order valence-electron chi connectivity index (χ4n) is 3.35. The summed E-state index contributed by atoms with van der Waals surface area (Å²) in [4.78, 5) is 28.7. The molecule has 164 valence electrons. The number of thioether (sulfide) groups is 1. The van der Waals surface area contributed by atoms with Crippen molar-refractivity contribution in [2.24, 2.45) is 0 Å². The van der Waals surface area contributed by atoms with E-state index in [1.54, 1.807) is 18.5 Å². The van der Waals surface area contributed by atoms with Crippen LogP contribution in [0.4, 0.5) is 0 Å². The van der Waals surface area contributed by atoms with Crippen molar-refractivity contribution in [1.82, 2.24) is 10.3 Å². The van der Waals surface area contributed by atoms with Crippen molar-refractivity contribution in [1.29, 1.82) is 0 Å². The third kappa shape index (κ3) is 7.57. The molecule has 3 aromatic rings. The number of amides is 1. The first-order chi connectivity index (χ1) is 15.5. The van der Waals surface area contributed by atoms with Crippen molar-refractivity contribution < 1.29 is 44.3 Å². The first-order valence-electron chi connectivity index (χ1n) is 10.3. The Bertz CT molecular complexity index is 1120. The summed E-state index contributed by atoms with van der Waals surface area (Å²) >= 11 is 1.52. The molecule has 0 aliphatic carbocycles. The largest absolute Gasteiger partial charge is 1.00 e. The standard InChI is InChI=1S/C26H26N2O3S.Na/c1-18-6-3-4-8-21(18)23-16-19(9-10-20-7-5-14-27-17-20)11-12-22(23)25(29)28-24(26(30)31)13-15-32-2;/h3-12,14,16-17,24H,13,15H2,1-2H3,(H,28,29)(H,30,31);/q;+1/p-1/b10-9+;/t24-;/m0./s1. The summed E-state index contributed by atoms with van der Waals surface area (Å²) in [5.74, 6) is -1.09. The summed E-state index contributed by atoms with van der Waals surface area (Å²) in [6.45, 7) is 1.98. The predicted octanol–water partition coefficient (Wildman–Crippen LogP) is 0.833. The minimum atomic E-state index is -1.28. The molecule has 0 fully saturated rings. The van der Waals surface area contributed by atoms with Gasteiger partial charge in [-0.05, 0) is 71.4 Å². The molecule has 0 saturated heterocycles. The Kier molecular flexibility index (Phi) is 10.9. The smallest absolute Gasteiger partial charge is 0.548 e. The van der Waals surface area contributed by atoms with E-state index in [2.05, 4.69) is 10.3 Å². The van der Waals surface area contributed by atoms with Crippen LogP contribution in [0.3, 0.4) is 0 Å². The first-order valence-corrected chi connectivity index (χ1v) is 11.7. The second-order valence-electron chi connectivity index (χ2n) is 7.37. The number of aromatic nitrogens is 1. The maximum atomic E-state index is 13.1. The third-order valence-electron chi connectivity index (χ3n) is 5.08. The van der Waals surface area contributed by atoms with Crippen molar-refractivity contribution in [3.8, 4) is 11.1 Å². The maximum Gasteiger partial charge on any atom is 1.00 e. The molecular weight excluding hydrogens is 443 g/mol. The summed E-state index contributed by atoms with van der Waals surface area (Å²) < 4.78 is 0. The van der Waals surface area contributed by atoms with Gasteiger partial charge in [-0.15, -0.1) is 0 Å². The van der Waals surface area contributed by atoms with Crippen LogP contribution in [-0.4, -0.2) is 34.9 Å². The molecule has 0 aliphatic rings. The van der Waals surface area contributed by atoms with Crippen LogP contribution in [0.1, 0.15) is 33.5 Å². The Labute approximate surface area is 221 Å². The number of carbonyl (C=O) groups is 2. The van der Waals surface area contributed by atoms with Crippen molar-refractivity contribution in [2.75, 3.05) is 12.0 Å². The van der Waals surface area contributed by atoms with E-state index in [1.807, 2.05) is 73.9 Å². The molecule has 0 bridgehead atoms. The molecule has 1 heterocycles. The number of nitrogens with one attached hydrogen (secondary N) is 1. The van der Waals surface area contributed by atoms with Gasteiger partial charge < -0.3 is 15.2 Å². The topological polar surface area (TPSA) is 82.1 Å². The number of hydrogen-bond acceptors (Lipinski definition) is 5. The van der Waals surface area contributed by atoms with E-state index in [0.29, 0.717) is 17.7 Å². The Morgan fingerprint density at radius 3 is 2.48 bits per heavy atom. The van der Waals surface area contributed by atoms with Crippen LogP contribution in [-0.2, 0) is 4.79 Å². The zero-order valence-electron chi connectivity index (χ0n) is 19.1. The van der Waals surface area contributed by atoms with Gasteiger partial charge in [0.1, 0.15) is 0 Å². The van der Waals surface area contributed by atoms with Crippen molar-refractivity contribution in [3.05, 3.63) is 89.2 Å². The van der Waals surface area contributed by atoms with Gasteiger partial charge in [0.25, 0.3) is 5.91 Å². The molecule has 0 saturated carbocycles. The van der Waals surface area contributed by atoms with Gasteiger partial charge in [-0.25, -0.2) is 0 Å². The molecule has 3 rings (SSSR count). The van der Waals surface area contributed by atoms with Crippen LogP contribution < -0.4 is 40.0 Å².